The fourth-order valence-corrected chi connectivity index (χ4v) is 4.92. The Morgan fingerprint density at radius 3 is 2.32 bits per heavy atom. The Morgan fingerprint density at radius 2 is 1.71 bits per heavy atom. The Balaban J connectivity index is 1.52. The number of amides is 1. The lowest BCUT2D eigenvalue weighted by Gasteiger charge is -2.39. The van der Waals surface area contributed by atoms with Gasteiger partial charge >= 0.3 is 18.0 Å². The highest BCUT2D eigenvalue weighted by Crippen LogP contribution is 2.37. The number of piperidine rings is 2. The molecule has 3 saturated heterocycles. The van der Waals surface area contributed by atoms with Crippen LogP contribution in [-0.2, 0) is 23.8 Å². The highest BCUT2D eigenvalue weighted by Gasteiger charge is 2.46. The van der Waals surface area contributed by atoms with Gasteiger partial charge in [0, 0.05) is 12.6 Å². The predicted molar refractivity (Wildman–Crippen MR) is 113 cm³/mol. The first-order chi connectivity index (χ1) is 14.9. The summed E-state index contributed by atoms with van der Waals surface area (Å²) < 4.78 is 16.0. The second-order valence-electron chi connectivity index (χ2n) is 8.98. The van der Waals surface area contributed by atoms with Crippen molar-refractivity contribution in [3.8, 4) is 0 Å². The molecule has 1 amide bonds. The van der Waals surface area contributed by atoms with Crippen molar-refractivity contribution >= 4 is 18.0 Å². The van der Waals surface area contributed by atoms with Crippen molar-refractivity contribution in [2.45, 2.75) is 58.1 Å². The minimum atomic E-state index is -0.828. The molecule has 0 spiro atoms. The lowest BCUT2D eigenvalue weighted by atomic mass is 9.75. The minimum absolute atomic E-state index is 0.0514. The maximum absolute atomic E-state index is 12.7. The third-order valence-corrected chi connectivity index (χ3v) is 6.80. The number of rotatable bonds is 8. The smallest absolute Gasteiger partial charge is 0.410 e. The minimum Gasteiger partial charge on any atom is -0.466 e. The van der Waals surface area contributed by atoms with Crippen molar-refractivity contribution in [2.24, 2.45) is 5.41 Å². The zero-order valence-corrected chi connectivity index (χ0v) is 19.1. The van der Waals surface area contributed by atoms with Crippen molar-refractivity contribution in [3.63, 3.8) is 0 Å². The summed E-state index contributed by atoms with van der Waals surface area (Å²) in [4.78, 5) is 43.6. The van der Waals surface area contributed by atoms with Crippen LogP contribution >= 0.6 is 0 Å². The summed E-state index contributed by atoms with van der Waals surface area (Å²) in [6, 6.07) is 0.260. The molecule has 9 nitrogen and oxygen atoms in total. The van der Waals surface area contributed by atoms with Crippen LogP contribution in [0.25, 0.3) is 0 Å². The Bertz CT molecular complexity index is 641. The molecule has 0 aromatic heterocycles. The molecule has 31 heavy (non-hydrogen) atoms. The number of cyclic esters (lactones) is 1. The van der Waals surface area contributed by atoms with Gasteiger partial charge in [0.2, 0.25) is 0 Å². The van der Waals surface area contributed by atoms with Gasteiger partial charge in [-0.2, -0.15) is 0 Å². The van der Waals surface area contributed by atoms with E-state index in [4.69, 9.17) is 14.2 Å². The Kier molecular flexibility index (Phi) is 8.16. The van der Waals surface area contributed by atoms with Gasteiger partial charge in [0.25, 0.3) is 0 Å². The number of esters is 2. The lowest BCUT2D eigenvalue weighted by molar-refractivity contribution is -0.165. The highest BCUT2D eigenvalue weighted by molar-refractivity contribution is 5.83. The van der Waals surface area contributed by atoms with Gasteiger partial charge in [0.15, 0.2) is 0 Å². The molecule has 176 valence electrons. The Labute approximate surface area is 184 Å². The molecule has 9 heteroatoms. The van der Waals surface area contributed by atoms with Gasteiger partial charge < -0.3 is 24.0 Å². The molecular formula is C22H37N3O6. The quantitative estimate of drug-likeness (QED) is 0.415. The fraction of sp³-hybridized carbons (Fsp3) is 0.864. The van der Waals surface area contributed by atoms with Crippen molar-refractivity contribution in [2.75, 3.05) is 59.5 Å². The fourth-order valence-electron chi connectivity index (χ4n) is 4.92. The van der Waals surface area contributed by atoms with Crippen molar-refractivity contribution in [1.29, 1.82) is 0 Å². The van der Waals surface area contributed by atoms with Crippen LogP contribution in [0, 0.1) is 5.41 Å². The maximum atomic E-state index is 12.7. The van der Waals surface area contributed by atoms with Crippen LogP contribution in [0.4, 0.5) is 4.79 Å². The summed E-state index contributed by atoms with van der Waals surface area (Å²) in [7, 11) is 2.11. The lowest BCUT2D eigenvalue weighted by Crippen LogP contribution is -2.49. The molecule has 3 aliphatic heterocycles. The van der Waals surface area contributed by atoms with E-state index in [1.54, 1.807) is 13.8 Å². The van der Waals surface area contributed by atoms with Crippen molar-refractivity contribution in [1.82, 2.24) is 14.7 Å². The molecule has 0 aromatic carbocycles. The first kappa shape index (κ1) is 23.8. The second kappa shape index (κ2) is 10.6. The van der Waals surface area contributed by atoms with Gasteiger partial charge in [-0.05, 0) is 72.8 Å². The van der Waals surface area contributed by atoms with Crippen molar-refractivity contribution in [3.05, 3.63) is 0 Å². The van der Waals surface area contributed by atoms with E-state index in [9.17, 15) is 14.4 Å². The second-order valence-corrected chi connectivity index (χ2v) is 8.98. The molecule has 0 N–H and O–H groups in total. The molecule has 3 rings (SSSR count). The standard InChI is InChI=1S/C22H37N3O6/c1-4-29-19(26)14-22(20(27)30-5-2)8-12-24(13-9-22)15-18-16-25(21(28)31-18)17-6-10-23(3)11-7-17/h17-18H,4-16H2,1-3H3. The molecule has 0 radical (unpaired) electrons. The van der Waals surface area contributed by atoms with E-state index in [-0.39, 0.29) is 43.2 Å². The SMILES string of the molecule is CCOC(=O)CC1(C(=O)OCC)CCN(CC2CN(C3CCN(C)CC3)C(=O)O2)CC1. The molecule has 3 heterocycles. The first-order valence-electron chi connectivity index (χ1n) is 11.6. The number of nitrogens with zero attached hydrogens (tertiary/aromatic N) is 3. The van der Waals surface area contributed by atoms with Gasteiger partial charge in [0.1, 0.15) is 6.10 Å². The summed E-state index contributed by atoms with van der Waals surface area (Å²) in [6.45, 7) is 8.70. The average molecular weight is 440 g/mol. The molecule has 0 saturated carbocycles. The Morgan fingerprint density at radius 1 is 1.06 bits per heavy atom. The topological polar surface area (TPSA) is 88.6 Å². The Hall–Kier alpha value is -1.87. The number of carbonyl (C=O) groups excluding carboxylic acids is 3. The van der Waals surface area contributed by atoms with Crippen LogP contribution in [0.15, 0.2) is 0 Å². The van der Waals surface area contributed by atoms with Crippen LogP contribution < -0.4 is 0 Å². The number of hydrogen-bond acceptors (Lipinski definition) is 8. The zero-order valence-electron chi connectivity index (χ0n) is 19.1. The molecule has 1 unspecified atom stereocenters. The molecule has 1 atom stereocenters. The molecule has 0 aliphatic carbocycles. The number of likely N-dealkylation sites (tertiary alicyclic amines) is 2. The molecule has 0 bridgehead atoms. The summed E-state index contributed by atoms with van der Waals surface area (Å²) >= 11 is 0. The van der Waals surface area contributed by atoms with Gasteiger partial charge in [-0.15, -0.1) is 0 Å². The zero-order chi connectivity index (χ0) is 22.4. The van der Waals surface area contributed by atoms with Crippen LogP contribution in [0.1, 0.15) is 46.0 Å². The summed E-state index contributed by atoms with van der Waals surface area (Å²) in [6.07, 6.45) is 2.71. The highest BCUT2D eigenvalue weighted by atomic mass is 16.6. The van der Waals surface area contributed by atoms with E-state index in [0.29, 0.717) is 45.6 Å². The maximum Gasteiger partial charge on any atom is 0.410 e. The predicted octanol–water partition coefficient (Wildman–Crippen LogP) is 1.50. The first-order valence-corrected chi connectivity index (χ1v) is 11.6. The van der Waals surface area contributed by atoms with Gasteiger partial charge in [-0.1, -0.05) is 0 Å². The number of carbonyl (C=O) groups is 3. The number of hydrogen-bond donors (Lipinski definition) is 0. The molecule has 0 aromatic rings. The van der Waals surface area contributed by atoms with E-state index in [1.165, 1.54) is 0 Å². The van der Waals surface area contributed by atoms with E-state index in [1.807, 2.05) is 4.90 Å². The van der Waals surface area contributed by atoms with E-state index in [0.717, 1.165) is 25.9 Å². The van der Waals surface area contributed by atoms with Crippen LogP contribution in [-0.4, -0.2) is 104 Å². The normalized spacial score (nSPS) is 25.3. The summed E-state index contributed by atoms with van der Waals surface area (Å²) in [5, 5.41) is 0. The largest absolute Gasteiger partial charge is 0.466 e. The summed E-state index contributed by atoms with van der Waals surface area (Å²) in [5.41, 5.74) is -0.828. The van der Waals surface area contributed by atoms with Crippen LogP contribution in [0.2, 0.25) is 0 Å². The van der Waals surface area contributed by atoms with E-state index >= 15 is 0 Å². The molecule has 3 fully saturated rings. The summed E-state index contributed by atoms with van der Waals surface area (Å²) in [5.74, 6) is -0.675. The van der Waals surface area contributed by atoms with Crippen LogP contribution in [0.3, 0.4) is 0 Å². The van der Waals surface area contributed by atoms with Crippen molar-refractivity contribution < 1.29 is 28.6 Å². The molecule has 3 aliphatic rings. The monoisotopic (exact) mass is 439 g/mol. The number of ether oxygens (including phenoxy) is 3. The van der Waals surface area contributed by atoms with E-state index in [2.05, 4.69) is 16.8 Å². The van der Waals surface area contributed by atoms with E-state index < -0.39 is 5.41 Å². The van der Waals surface area contributed by atoms with Gasteiger partial charge in [-0.3, -0.25) is 14.5 Å². The third kappa shape index (κ3) is 5.88. The third-order valence-electron chi connectivity index (χ3n) is 6.80. The van der Waals surface area contributed by atoms with Crippen LogP contribution in [0.5, 0.6) is 0 Å². The van der Waals surface area contributed by atoms with Gasteiger partial charge in [-0.25, -0.2) is 4.79 Å². The average Bonchev–Trinajstić information content (AvgIpc) is 3.10. The molecular weight excluding hydrogens is 402 g/mol. The van der Waals surface area contributed by atoms with Gasteiger partial charge in [0.05, 0.1) is 31.6 Å².